The number of halogens is 3. The van der Waals surface area contributed by atoms with Crippen molar-refractivity contribution in [1.29, 1.82) is 0 Å². The number of alkyl halides is 3. The fourth-order valence-corrected chi connectivity index (χ4v) is 2.58. The second-order valence-corrected chi connectivity index (χ2v) is 6.17. The second-order valence-electron chi connectivity index (χ2n) is 6.17. The van der Waals surface area contributed by atoms with Gasteiger partial charge in [0.25, 0.3) is 0 Å². The van der Waals surface area contributed by atoms with Crippen molar-refractivity contribution in [3.63, 3.8) is 0 Å². The van der Waals surface area contributed by atoms with Crippen molar-refractivity contribution in [2.75, 3.05) is 0 Å². The Balaban J connectivity index is 1.57. The van der Waals surface area contributed by atoms with Crippen molar-refractivity contribution >= 4 is 0 Å². The first-order valence-electron chi connectivity index (χ1n) is 8.82. The molecule has 0 saturated heterocycles. The number of hydrogen-bond donors (Lipinski definition) is 0. The van der Waals surface area contributed by atoms with Crippen LogP contribution in [-0.2, 0) is 13.0 Å². The van der Waals surface area contributed by atoms with Gasteiger partial charge in [0.1, 0.15) is 18.1 Å². The van der Waals surface area contributed by atoms with Crippen molar-refractivity contribution in [3.8, 4) is 22.9 Å². The van der Waals surface area contributed by atoms with Gasteiger partial charge >= 0.3 is 6.36 Å². The van der Waals surface area contributed by atoms with Gasteiger partial charge < -0.3 is 9.47 Å². The van der Waals surface area contributed by atoms with Gasteiger partial charge in [0.05, 0.1) is 0 Å². The maximum Gasteiger partial charge on any atom is 0.573 e. The normalized spacial score (nSPS) is 11.3. The fourth-order valence-electron chi connectivity index (χ4n) is 2.58. The molecule has 2 aromatic carbocycles. The van der Waals surface area contributed by atoms with Crippen LogP contribution in [0.3, 0.4) is 0 Å². The van der Waals surface area contributed by atoms with Crippen LogP contribution in [0.1, 0.15) is 24.5 Å². The Morgan fingerprint density at radius 1 is 0.821 bits per heavy atom. The third-order valence-corrected chi connectivity index (χ3v) is 3.92. The number of ether oxygens (including phenoxy) is 2. The number of aromatic nitrogens is 2. The van der Waals surface area contributed by atoms with Crippen LogP contribution in [0.25, 0.3) is 11.4 Å². The summed E-state index contributed by atoms with van der Waals surface area (Å²) in [4.78, 5) is 8.76. The molecule has 0 fully saturated rings. The first-order valence-corrected chi connectivity index (χ1v) is 8.82. The number of aryl methyl sites for hydroxylation is 1. The monoisotopic (exact) mass is 388 g/mol. The molecule has 0 N–H and O–H groups in total. The van der Waals surface area contributed by atoms with Crippen LogP contribution >= 0.6 is 0 Å². The highest BCUT2D eigenvalue weighted by atomic mass is 19.4. The zero-order valence-electron chi connectivity index (χ0n) is 15.2. The lowest BCUT2D eigenvalue weighted by atomic mass is 10.2. The molecule has 0 radical (unpaired) electrons. The molecule has 0 aliphatic rings. The Morgan fingerprint density at radius 2 is 1.43 bits per heavy atom. The maximum atomic E-state index is 12.2. The molecule has 3 aromatic rings. The van der Waals surface area contributed by atoms with Gasteiger partial charge in [-0.1, -0.05) is 25.5 Å². The molecule has 0 bridgehead atoms. The van der Waals surface area contributed by atoms with Gasteiger partial charge in [0.2, 0.25) is 0 Å². The van der Waals surface area contributed by atoms with E-state index in [4.69, 9.17) is 4.74 Å². The van der Waals surface area contributed by atoms with Crippen LogP contribution < -0.4 is 9.47 Å². The van der Waals surface area contributed by atoms with Gasteiger partial charge in [-0.3, -0.25) is 0 Å². The molecule has 1 heterocycles. The van der Waals surface area contributed by atoms with E-state index in [1.807, 2.05) is 24.5 Å². The molecule has 0 saturated carbocycles. The van der Waals surface area contributed by atoms with E-state index >= 15 is 0 Å². The van der Waals surface area contributed by atoms with Crippen molar-refractivity contribution < 1.29 is 22.6 Å². The van der Waals surface area contributed by atoms with E-state index in [9.17, 15) is 13.2 Å². The second kappa shape index (κ2) is 8.73. The summed E-state index contributed by atoms with van der Waals surface area (Å²) in [5, 5.41) is 0. The fraction of sp³-hybridized carbons (Fsp3) is 0.238. The highest BCUT2D eigenvalue weighted by Gasteiger charge is 2.30. The summed E-state index contributed by atoms with van der Waals surface area (Å²) >= 11 is 0. The van der Waals surface area contributed by atoms with Gasteiger partial charge in [-0.2, -0.15) is 0 Å². The lowest BCUT2D eigenvalue weighted by molar-refractivity contribution is -0.274. The van der Waals surface area contributed by atoms with E-state index in [1.165, 1.54) is 24.3 Å². The third-order valence-electron chi connectivity index (χ3n) is 3.92. The van der Waals surface area contributed by atoms with E-state index in [2.05, 4.69) is 21.6 Å². The Hall–Kier alpha value is -3.09. The summed E-state index contributed by atoms with van der Waals surface area (Å²) in [7, 11) is 0. The topological polar surface area (TPSA) is 44.2 Å². The molecule has 28 heavy (non-hydrogen) atoms. The molecule has 0 aliphatic carbocycles. The smallest absolute Gasteiger partial charge is 0.489 e. The predicted octanol–water partition coefficient (Wildman–Crippen LogP) is 5.57. The Labute approximate surface area is 161 Å². The van der Waals surface area contributed by atoms with Crippen LogP contribution in [-0.4, -0.2) is 16.3 Å². The van der Waals surface area contributed by atoms with E-state index in [0.29, 0.717) is 11.6 Å². The highest BCUT2D eigenvalue weighted by Crippen LogP contribution is 2.24. The first-order chi connectivity index (χ1) is 13.4. The Morgan fingerprint density at radius 3 is 2.00 bits per heavy atom. The van der Waals surface area contributed by atoms with Crippen LogP contribution in [0.2, 0.25) is 0 Å². The summed E-state index contributed by atoms with van der Waals surface area (Å²) in [6.07, 6.45) is 0.980. The molecular formula is C21H19F3N2O2. The largest absolute Gasteiger partial charge is 0.573 e. The number of hydrogen-bond acceptors (Lipinski definition) is 4. The van der Waals surface area contributed by atoms with Crippen molar-refractivity contribution in [1.82, 2.24) is 9.97 Å². The Bertz CT molecular complexity index is 878. The molecule has 146 valence electrons. The standard InChI is InChI=1S/C21H19F3N2O2/c1-2-3-16-12-25-20(26-13-16)17-6-10-18(11-7-17)27-14-15-4-8-19(9-5-15)28-21(22,23)24/h4-13H,2-3,14H2,1H3. The van der Waals surface area contributed by atoms with Gasteiger partial charge in [-0.25, -0.2) is 9.97 Å². The molecule has 4 nitrogen and oxygen atoms in total. The average molecular weight is 388 g/mol. The minimum Gasteiger partial charge on any atom is -0.489 e. The van der Waals surface area contributed by atoms with Crippen LogP contribution in [0, 0.1) is 0 Å². The molecule has 1 aromatic heterocycles. The summed E-state index contributed by atoms with van der Waals surface area (Å²) in [5.74, 6) is 1.03. The Kier molecular flexibility index (Phi) is 6.13. The van der Waals surface area contributed by atoms with Crippen LogP contribution in [0.5, 0.6) is 11.5 Å². The van der Waals surface area contributed by atoms with E-state index in [-0.39, 0.29) is 12.4 Å². The minimum absolute atomic E-state index is 0.230. The minimum atomic E-state index is -4.69. The zero-order chi connectivity index (χ0) is 20.0. The van der Waals surface area contributed by atoms with Crippen LogP contribution in [0.15, 0.2) is 60.9 Å². The van der Waals surface area contributed by atoms with Gasteiger partial charge in [-0.15, -0.1) is 13.2 Å². The molecule has 0 amide bonds. The van der Waals surface area contributed by atoms with E-state index < -0.39 is 6.36 Å². The first kappa shape index (κ1) is 19.7. The van der Waals surface area contributed by atoms with Crippen molar-refractivity contribution in [3.05, 3.63) is 72.1 Å². The molecule has 0 unspecified atom stereocenters. The zero-order valence-corrected chi connectivity index (χ0v) is 15.2. The third kappa shape index (κ3) is 5.70. The highest BCUT2D eigenvalue weighted by molar-refractivity contribution is 5.55. The quantitative estimate of drug-likeness (QED) is 0.530. The van der Waals surface area contributed by atoms with Gasteiger partial charge in [0, 0.05) is 18.0 Å². The maximum absolute atomic E-state index is 12.2. The molecular weight excluding hydrogens is 369 g/mol. The van der Waals surface area contributed by atoms with Gasteiger partial charge in [-0.05, 0) is 53.9 Å². The molecule has 0 spiro atoms. The molecule has 0 aliphatic heterocycles. The number of rotatable bonds is 7. The summed E-state index contributed by atoms with van der Waals surface area (Å²) in [6.45, 7) is 2.34. The van der Waals surface area contributed by atoms with Crippen molar-refractivity contribution in [2.24, 2.45) is 0 Å². The summed E-state index contributed by atoms with van der Waals surface area (Å²) in [6, 6.07) is 12.9. The summed E-state index contributed by atoms with van der Waals surface area (Å²) < 4.78 is 46.0. The number of nitrogens with zero attached hydrogens (tertiary/aromatic N) is 2. The lowest BCUT2D eigenvalue weighted by Gasteiger charge is -2.10. The average Bonchev–Trinajstić information content (AvgIpc) is 2.68. The number of benzene rings is 2. The van der Waals surface area contributed by atoms with E-state index in [1.54, 1.807) is 12.1 Å². The summed E-state index contributed by atoms with van der Waals surface area (Å²) in [5.41, 5.74) is 2.72. The lowest BCUT2D eigenvalue weighted by Crippen LogP contribution is -2.17. The van der Waals surface area contributed by atoms with Crippen LogP contribution in [0.4, 0.5) is 13.2 Å². The molecule has 7 heteroatoms. The van der Waals surface area contributed by atoms with Gasteiger partial charge in [0.15, 0.2) is 5.82 Å². The SMILES string of the molecule is CCCc1cnc(-c2ccc(OCc3ccc(OC(F)(F)F)cc3)cc2)nc1. The molecule has 3 rings (SSSR count). The van der Waals surface area contributed by atoms with E-state index in [0.717, 1.165) is 29.5 Å². The predicted molar refractivity (Wildman–Crippen MR) is 98.9 cm³/mol. The van der Waals surface area contributed by atoms with Crippen molar-refractivity contribution in [2.45, 2.75) is 32.7 Å². The molecule has 0 atom stereocenters.